The molecule has 1 aliphatic carbocycles. The van der Waals surface area contributed by atoms with Crippen LogP contribution in [-0.2, 0) is 5.41 Å². The summed E-state index contributed by atoms with van der Waals surface area (Å²) < 4.78 is 6.09. The second-order valence-electron chi connectivity index (χ2n) is 20.6. The Morgan fingerprint density at radius 3 is 1.17 bits per heavy atom. The van der Waals surface area contributed by atoms with Crippen molar-refractivity contribution in [3.63, 3.8) is 0 Å². The number of anilines is 6. The highest BCUT2D eigenvalue weighted by atomic mass is 16.3. The number of para-hydroxylation sites is 6. The number of aromatic amines is 1. The number of rotatable bonds is 12. The maximum absolute atomic E-state index is 6.09. The van der Waals surface area contributed by atoms with Gasteiger partial charge in [0, 0.05) is 45.3 Å². The quantitative estimate of drug-likeness (QED) is 0.132. The van der Waals surface area contributed by atoms with Gasteiger partial charge in [-0.25, -0.2) is 9.97 Å². The van der Waals surface area contributed by atoms with E-state index in [2.05, 4.69) is 276 Å². The third-order valence-corrected chi connectivity index (χ3v) is 16.0. The van der Waals surface area contributed by atoms with Crippen molar-refractivity contribution in [3.8, 4) is 56.2 Å². The normalized spacial score (nSPS) is 12.3. The van der Waals surface area contributed by atoms with Gasteiger partial charge in [0.2, 0.25) is 5.89 Å². The highest BCUT2D eigenvalue weighted by molar-refractivity contribution is 5.92. The minimum absolute atomic E-state index is 0.619. The lowest BCUT2D eigenvalue weighted by molar-refractivity contribution is 0.620. The van der Waals surface area contributed by atoms with E-state index in [0.29, 0.717) is 5.89 Å². The molecule has 12 aromatic carbocycles. The van der Waals surface area contributed by atoms with Crippen molar-refractivity contribution in [2.45, 2.75) is 5.41 Å². The summed E-state index contributed by atoms with van der Waals surface area (Å²) in [6.45, 7) is 0. The molecule has 1 aliphatic rings. The number of nitrogens with zero attached hydrogens (tertiary/aromatic N) is 4. The highest BCUT2D eigenvalue weighted by Gasteiger charge is 2.47. The fourth-order valence-corrected chi connectivity index (χ4v) is 12.1. The van der Waals surface area contributed by atoms with Crippen LogP contribution < -0.4 is 9.80 Å². The maximum atomic E-state index is 6.09. The van der Waals surface area contributed by atoms with E-state index >= 15 is 0 Å². The zero-order valence-corrected chi connectivity index (χ0v) is 44.1. The highest BCUT2D eigenvalue weighted by Crippen LogP contribution is 2.58. The fourth-order valence-electron chi connectivity index (χ4n) is 12.1. The Morgan fingerprint density at radius 1 is 0.309 bits per heavy atom. The molecule has 0 fully saturated rings. The summed E-state index contributed by atoms with van der Waals surface area (Å²) in [7, 11) is 0. The molecule has 6 heteroatoms. The number of aromatic nitrogens is 3. The van der Waals surface area contributed by atoms with Crippen molar-refractivity contribution in [3.05, 3.63) is 326 Å². The van der Waals surface area contributed by atoms with Gasteiger partial charge < -0.3 is 19.2 Å². The first-order valence-corrected chi connectivity index (χ1v) is 27.5. The van der Waals surface area contributed by atoms with Crippen LogP contribution in [0.15, 0.2) is 308 Å². The number of H-pyrrole nitrogens is 1. The Labute approximate surface area is 470 Å². The Balaban J connectivity index is 0.819. The summed E-state index contributed by atoms with van der Waals surface area (Å²) in [6, 6.07) is 109. The molecule has 6 nitrogen and oxygen atoms in total. The zero-order chi connectivity index (χ0) is 53.7. The minimum atomic E-state index is -0.684. The number of nitrogens with one attached hydrogen (secondary N) is 1. The summed E-state index contributed by atoms with van der Waals surface area (Å²) in [5.74, 6) is 1.49. The van der Waals surface area contributed by atoms with E-state index in [1.54, 1.807) is 0 Å². The molecule has 0 aliphatic heterocycles. The van der Waals surface area contributed by atoms with Crippen molar-refractivity contribution < 1.29 is 4.42 Å². The van der Waals surface area contributed by atoms with Crippen LogP contribution in [-0.4, -0.2) is 15.0 Å². The van der Waals surface area contributed by atoms with Gasteiger partial charge in [-0.2, -0.15) is 0 Å². The minimum Gasteiger partial charge on any atom is -0.436 e. The van der Waals surface area contributed by atoms with Gasteiger partial charge in [0.05, 0.1) is 16.4 Å². The molecule has 15 rings (SSSR count). The predicted molar refractivity (Wildman–Crippen MR) is 332 cm³/mol. The third-order valence-electron chi connectivity index (χ3n) is 16.0. The average molecular weight is 1040 g/mol. The van der Waals surface area contributed by atoms with E-state index in [4.69, 9.17) is 14.4 Å². The number of imidazole rings is 1. The first kappa shape index (κ1) is 47.4. The molecule has 81 heavy (non-hydrogen) atoms. The summed E-state index contributed by atoms with van der Waals surface area (Å²) in [4.78, 5) is 17.8. The Kier molecular flexibility index (Phi) is 11.6. The van der Waals surface area contributed by atoms with E-state index < -0.39 is 5.41 Å². The van der Waals surface area contributed by atoms with Crippen molar-refractivity contribution in [1.29, 1.82) is 0 Å². The van der Waals surface area contributed by atoms with Crippen LogP contribution in [0.4, 0.5) is 34.1 Å². The van der Waals surface area contributed by atoms with Crippen molar-refractivity contribution >= 4 is 56.3 Å². The molecular weight excluding hydrogens is 987 g/mol. The Bertz CT molecular complexity index is 4180. The van der Waals surface area contributed by atoms with E-state index in [1.807, 2.05) is 42.5 Å². The van der Waals surface area contributed by atoms with Crippen LogP contribution in [0.25, 0.3) is 78.4 Å². The SMILES string of the molecule is c1ccc(N(c2ccc(-c3ccc(-c4nc5ccccc5[nH]4)cc3)cc2)c2ccc3c(c2)C(c2ccccc2)(c2ccccc2)c2cc(N(c4ccccc4)c4ccc(-c5ccc(-c6nc7ccccc7o6)cc5)cc4)ccc2-3)cc1. The lowest BCUT2D eigenvalue weighted by atomic mass is 9.67. The van der Waals surface area contributed by atoms with E-state index in [0.717, 1.165) is 95.5 Å². The van der Waals surface area contributed by atoms with Crippen LogP contribution >= 0.6 is 0 Å². The van der Waals surface area contributed by atoms with Crippen LogP contribution in [0, 0.1) is 0 Å². The molecule has 1 N–H and O–H groups in total. The van der Waals surface area contributed by atoms with Gasteiger partial charge in [-0.3, -0.25) is 0 Å². The number of fused-ring (bicyclic) bond motifs is 5. The molecule has 0 unspecified atom stereocenters. The topological polar surface area (TPSA) is 61.2 Å². The molecule has 0 bridgehead atoms. The lowest BCUT2D eigenvalue weighted by Crippen LogP contribution is -2.29. The molecule has 14 aromatic rings. The van der Waals surface area contributed by atoms with Gasteiger partial charge in [0.15, 0.2) is 5.58 Å². The van der Waals surface area contributed by atoms with Gasteiger partial charge >= 0.3 is 0 Å². The largest absolute Gasteiger partial charge is 0.436 e. The summed E-state index contributed by atoms with van der Waals surface area (Å²) >= 11 is 0. The summed E-state index contributed by atoms with van der Waals surface area (Å²) in [6.07, 6.45) is 0. The van der Waals surface area contributed by atoms with Crippen LogP contribution in [0.5, 0.6) is 0 Å². The number of hydrogen-bond donors (Lipinski definition) is 1. The van der Waals surface area contributed by atoms with Gasteiger partial charge in [0.1, 0.15) is 11.3 Å². The van der Waals surface area contributed by atoms with E-state index in [1.165, 1.54) is 33.4 Å². The molecule has 2 heterocycles. The summed E-state index contributed by atoms with van der Waals surface area (Å²) in [5, 5.41) is 0. The molecule has 0 radical (unpaired) electrons. The summed E-state index contributed by atoms with van der Waals surface area (Å²) in [5.41, 5.74) is 23.1. The third kappa shape index (κ3) is 8.37. The van der Waals surface area contributed by atoms with Gasteiger partial charge in [-0.05, 0) is 165 Å². The number of benzene rings is 12. The lowest BCUT2D eigenvalue weighted by Gasteiger charge is -2.35. The number of oxazole rings is 1. The molecule has 0 atom stereocenters. The monoisotopic (exact) mass is 1040 g/mol. The van der Waals surface area contributed by atoms with Gasteiger partial charge in [-0.15, -0.1) is 0 Å². The maximum Gasteiger partial charge on any atom is 0.227 e. The van der Waals surface area contributed by atoms with Crippen molar-refractivity contribution in [2.75, 3.05) is 9.80 Å². The average Bonchev–Trinajstić information content (AvgIpc) is 3.06. The van der Waals surface area contributed by atoms with Gasteiger partial charge in [0.25, 0.3) is 0 Å². The van der Waals surface area contributed by atoms with E-state index in [9.17, 15) is 0 Å². The molecule has 2 aromatic heterocycles. The van der Waals surface area contributed by atoms with Crippen molar-refractivity contribution in [2.24, 2.45) is 0 Å². The molecule has 382 valence electrons. The van der Waals surface area contributed by atoms with Crippen LogP contribution in [0.1, 0.15) is 22.3 Å². The second kappa shape index (κ2) is 19.9. The van der Waals surface area contributed by atoms with E-state index in [-0.39, 0.29) is 0 Å². The van der Waals surface area contributed by atoms with Crippen molar-refractivity contribution in [1.82, 2.24) is 15.0 Å². The first-order chi connectivity index (χ1) is 40.1. The first-order valence-electron chi connectivity index (χ1n) is 27.5. The molecular formula is C75H51N5O. The smallest absolute Gasteiger partial charge is 0.227 e. The fraction of sp³-hybridized carbons (Fsp3) is 0.0133. The van der Waals surface area contributed by atoms with Gasteiger partial charge in [-0.1, -0.05) is 194 Å². The standard InChI is InChI=1S/C75H51N5O/c1-5-17-57(18-6-1)75(58-19-7-2-8-20-58)67-49-63(79(59-21-9-3-10-22-59)61-41-37-53(38-42-61)51-29-33-55(34-30-51)73-76-69-25-13-14-26-70(69)77-73)45-47-65(67)66-48-46-64(50-68(66)75)80(60-23-11-4-12-24-60)62-43-39-54(40-44-62)52-31-35-56(36-32-52)74-78-71-27-15-16-28-72(71)81-74/h1-50H,(H,76,77). The zero-order valence-electron chi connectivity index (χ0n) is 44.1. The molecule has 0 saturated heterocycles. The second-order valence-corrected chi connectivity index (χ2v) is 20.6. The Hall–Kier alpha value is -10.8. The predicted octanol–water partition coefficient (Wildman–Crippen LogP) is 19.7. The molecule has 0 amide bonds. The van der Waals surface area contributed by atoms with Crippen LogP contribution in [0.2, 0.25) is 0 Å². The molecule has 0 spiro atoms. The van der Waals surface area contributed by atoms with Crippen LogP contribution in [0.3, 0.4) is 0 Å². The number of hydrogen-bond acceptors (Lipinski definition) is 5. The Morgan fingerprint density at radius 2 is 0.691 bits per heavy atom. The molecule has 0 saturated carbocycles.